The van der Waals surface area contributed by atoms with Crippen molar-refractivity contribution in [1.82, 2.24) is 4.90 Å². The van der Waals surface area contributed by atoms with Crippen molar-refractivity contribution in [3.8, 4) is 11.5 Å². The van der Waals surface area contributed by atoms with Gasteiger partial charge in [-0.25, -0.2) is 0 Å². The van der Waals surface area contributed by atoms with Crippen molar-refractivity contribution >= 4 is 0 Å². The van der Waals surface area contributed by atoms with Gasteiger partial charge in [0, 0.05) is 19.6 Å². The Kier molecular flexibility index (Phi) is 7.68. The molecule has 4 heteroatoms. The van der Waals surface area contributed by atoms with Crippen LogP contribution in [0.2, 0.25) is 0 Å². The maximum atomic E-state index is 10.6. The predicted octanol–water partition coefficient (Wildman–Crippen LogP) is 4.45. The minimum absolute atomic E-state index is 0.263. The minimum atomic E-state index is -0.587. The molecule has 3 aromatic rings. The van der Waals surface area contributed by atoms with Crippen molar-refractivity contribution in [2.75, 3.05) is 20.3 Å². The first kappa shape index (κ1) is 20.9. The molecule has 4 nitrogen and oxygen atoms in total. The number of benzene rings is 3. The monoisotopic (exact) mass is 391 g/mol. The molecular weight excluding hydrogens is 362 g/mol. The summed E-state index contributed by atoms with van der Waals surface area (Å²) < 4.78 is 11.1. The molecule has 1 atom stereocenters. The normalized spacial score (nSPS) is 12.0. The fourth-order valence-corrected chi connectivity index (χ4v) is 3.27. The van der Waals surface area contributed by atoms with Gasteiger partial charge < -0.3 is 14.6 Å². The molecule has 0 bridgehead atoms. The van der Waals surface area contributed by atoms with E-state index in [9.17, 15) is 5.11 Å². The molecule has 0 radical (unpaired) electrons. The lowest BCUT2D eigenvalue weighted by Crippen LogP contribution is -2.35. The van der Waals surface area contributed by atoms with Crippen molar-refractivity contribution in [2.24, 2.45) is 0 Å². The highest BCUT2D eigenvalue weighted by atomic mass is 16.5. The summed E-state index contributed by atoms with van der Waals surface area (Å²) in [7, 11) is 1.67. The van der Waals surface area contributed by atoms with E-state index < -0.39 is 6.10 Å². The molecule has 0 aliphatic carbocycles. The zero-order valence-corrected chi connectivity index (χ0v) is 17.1. The van der Waals surface area contributed by atoms with Gasteiger partial charge in [-0.15, -0.1) is 0 Å². The largest absolute Gasteiger partial charge is 0.497 e. The lowest BCUT2D eigenvalue weighted by Gasteiger charge is -2.25. The van der Waals surface area contributed by atoms with Crippen LogP contribution in [-0.4, -0.2) is 36.4 Å². The molecule has 0 fully saturated rings. The third kappa shape index (κ3) is 6.63. The molecule has 0 spiro atoms. The van der Waals surface area contributed by atoms with Crippen molar-refractivity contribution < 1.29 is 14.6 Å². The zero-order valence-electron chi connectivity index (χ0n) is 17.1. The predicted molar refractivity (Wildman–Crippen MR) is 116 cm³/mol. The van der Waals surface area contributed by atoms with E-state index in [2.05, 4.69) is 29.2 Å². The molecule has 3 aromatic carbocycles. The summed E-state index contributed by atoms with van der Waals surface area (Å²) in [6.45, 7) is 4.28. The topological polar surface area (TPSA) is 41.9 Å². The van der Waals surface area contributed by atoms with E-state index in [0.717, 1.165) is 30.2 Å². The number of rotatable bonds is 10. The molecule has 0 aliphatic heterocycles. The first-order valence-corrected chi connectivity index (χ1v) is 9.90. The number of hydrogen-bond acceptors (Lipinski definition) is 4. The van der Waals surface area contributed by atoms with Crippen LogP contribution in [-0.2, 0) is 13.1 Å². The van der Waals surface area contributed by atoms with Crippen LogP contribution in [0.1, 0.15) is 16.7 Å². The van der Waals surface area contributed by atoms with Crippen LogP contribution in [0.5, 0.6) is 11.5 Å². The van der Waals surface area contributed by atoms with Gasteiger partial charge in [0.05, 0.1) is 7.11 Å². The Morgan fingerprint density at radius 3 is 2.10 bits per heavy atom. The van der Waals surface area contributed by atoms with E-state index in [1.165, 1.54) is 11.1 Å². The van der Waals surface area contributed by atoms with Gasteiger partial charge in [-0.1, -0.05) is 60.7 Å². The second kappa shape index (κ2) is 10.6. The molecular formula is C25H29NO3. The van der Waals surface area contributed by atoms with Crippen LogP contribution >= 0.6 is 0 Å². The summed E-state index contributed by atoms with van der Waals surface area (Å²) in [6.07, 6.45) is -0.587. The first-order chi connectivity index (χ1) is 14.1. The van der Waals surface area contributed by atoms with Gasteiger partial charge in [0.1, 0.15) is 24.2 Å². The summed E-state index contributed by atoms with van der Waals surface area (Å²) in [6, 6.07) is 26.2. The van der Waals surface area contributed by atoms with Crippen molar-refractivity contribution in [1.29, 1.82) is 0 Å². The highest BCUT2D eigenvalue weighted by Gasteiger charge is 2.14. The van der Waals surface area contributed by atoms with Gasteiger partial charge >= 0.3 is 0 Å². The van der Waals surface area contributed by atoms with Gasteiger partial charge in [-0.3, -0.25) is 4.90 Å². The average Bonchev–Trinajstić information content (AvgIpc) is 2.74. The van der Waals surface area contributed by atoms with Crippen LogP contribution in [0, 0.1) is 6.92 Å². The van der Waals surface area contributed by atoms with Crippen LogP contribution in [0.15, 0.2) is 78.9 Å². The summed E-state index contributed by atoms with van der Waals surface area (Å²) in [5.74, 6) is 1.66. The smallest absolute Gasteiger partial charge is 0.122 e. The SMILES string of the molecule is COc1ccc(CN(Cc2ccccc2)CC(O)COc2ccccc2C)cc1. The van der Waals surface area contributed by atoms with E-state index in [-0.39, 0.29) is 6.61 Å². The summed E-state index contributed by atoms with van der Waals surface area (Å²) >= 11 is 0. The van der Waals surface area contributed by atoms with Crippen LogP contribution < -0.4 is 9.47 Å². The van der Waals surface area contributed by atoms with E-state index in [0.29, 0.717) is 6.54 Å². The molecule has 0 heterocycles. The number of ether oxygens (including phenoxy) is 2. The number of hydrogen-bond donors (Lipinski definition) is 1. The number of nitrogens with zero attached hydrogens (tertiary/aromatic N) is 1. The second-order valence-electron chi connectivity index (χ2n) is 7.23. The summed E-state index contributed by atoms with van der Waals surface area (Å²) in [5, 5.41) is 10.6. The van der Waals surface area contributed by atoms with Gasteiger partial charge in [0.15, 0.2) is 0 Å². The standard InChI is InChI=1S/C25H29NO3/c1-20-8-6-7-11-25(20)29-19-23(27)18-26(16-21-9-4-3-5-10-21)17-22-12-14-24(28-2)15-13-22/h3-15,23,27H,16-19H2,1-2H3. The molecule has 3 rings (SSSR count). The molecule has 0 saturated carbocycles. The fraction of sp³-hybridized carbons (Fsp3) is 0.280. The molecule has 1 unspecified atom stereocenters. The number of aryl methyl sites for hydroxylation is 1. The van der Waals surface area contributed by atoms with Crippen molar-refractivity contribution in [2.45, 2.75) is 26.1 Å². The van der Waals surface area contributed by atoms with Crippen LogP contribution in [0.3, 0.4) is 0 Å². The van der Waals surface area contributed by atoms with Crippen molar-refractivity contribution in [3.63, 3.8) is 0 Å². The lowest BCUT2D eigenvalue weighted by molar-refractivity contribution is 0.0626. The van der Waals surface area contributed by atoms with E-state index in [4.69, 9.17) is 9.47 Å². The lowest BCUT2D eigenvalue weighted by atomic mass is 10.1. The van der Waals surface area contributed by atoms with Crippen molar-refractivity contribution in [3.05, 3.63) is 95.6 Å². The van der Waals surface area contributed by atoms with Crippen LogP contribution in [0.25, 0.3) is 0 Å². The molecule has 1 N–H and O–H groups in total. The van der Waals surface area contributed by atoms with Gasteiger partial charge in [0.25, 0.3) is 0 Å². The Bertz CT molecular complexity index is 865. The van der Waals surface area contributed by atoms with Gasteiger partial charge in [-0.2, -0.15) is 0 Å². The number of aliphatic hydroxyl groups is 1. The highest BCUT2D eigenvalue weighted by molar-refractivity contribution is 5.31. The zero-order chi connectivity index (χ0) is 20.5. The summed E-state index contributed by atoms with van der Waals surface area (Å²) in [4.78, 5) is 2.24. The maximum Gasteiger partial charge on any atom is 0.122 e. The molecule has 152 valence electrons. The molecule has 0 saturated heterocycles. The molecule has 29 heavy (non-hydrogen) atoms. The fourth-order valence-electron chi connectivity index (χ4n) is 3.27. The summed E-state index contributed by atoms with van der Waals surface area (Å²) in [5.41, 5.74) is 3.46. The number of aliphatic hydroxyl groups excluding tert-OH is 1. The third-order valence-corrected chi connectivity index (χ3v) is 4.81. The maximum absolute atomic E-state index is 10.6. The first-order valence-electron chi connectivity index (χ1n) is 9.90. The Labute approximate surface area is 173 Å². The second-order valence-corrected chi connectivity index (χ2v) is 7.23. The molecule has 0 amide bonds. The molecule has 0 aromatic heterocycles. The minimum Gasteiger partial charge on any atom is -0.497 e. The van der Waals surface area contributed by atoms with Crippen LogP contribution in [0.4, 0.5) is 0 Å². The Morgan fingerprint density at radius 2 is 1.45 bits per heavy atom. The number of methoxy groups -OCH3 is 1. The van der Waals surface area contributed by atoms with E-state index >= 15 is 0 Å². The number of para-hydroxylation sites is 1. The quantitative estimate of drug-likeness (QED) is 0.555. The Balaban J connectivity index is 1.63. The Morgan fingerprint density at radius 1 is 0.828 bits per heavy atom. The van der Waals surface area contributed by atoms with E-state index in [1.807, 2.05) is 61.5 Å². The average molecular weight is 392 g/mol. The third-order valence-electron chi connectivity index (χ3n) is 4.81. The van der Waals surface area contributed by atoms with Gasteiger partial charge in [0.2, 0.25) is 0 Å². The highest BCUT2D eigenvalue weighted by Crippen LogP contribution is 2.18. The molecule has 0 aliphatic rings. The van der Waals surface area contributed by atoms with Gasteiger partial charge in [-0.05, 0) is 41.8 Å². The van der Waals surface area contributed by atoms with E-state index in [1.54, 1.807) is 7.11 Å². The Hall–Kier alpha value is -2.82.